The van der Waals surface area contributed by atoms with E-state index in [1.54, 1.807) is 26.2 Å². The highest BCUT2D eigenvalue weighted by Crippen LogP contribution is 2.40. The van der Waals surface area contributed by atoms with Gasteiger partial charge in [0.05, 0.1) is 12.8 Å². The number of methoxy groups -OCH3 is 1. The van der Waals surface area contributed by atoms with Gasteiger partial charge in [0, 0.05) is 18.4 Å². The SMILES string of the molecule is COc1cccc2c(NC(=O)/C=C/c3ccccc3)c(-c3noc(C)n3)oc12. The van der Waals surface area contributed by atoms with E-state index in [-0.39, 0.29) is 11.7 Å². The smallest absolute Gasteiger partial charge is 0.248 e. The van der Waals surface area contributed by atoms with Gasteiger partial charge in [-0.25, -0.2) is 0 Å². The average Bonchev–Trinajstić information content (AvgIpc) is 3.31. The number of carbonyl (C=O) groups is 1. The summed E-state index contributed by atoms with van der Waals surface area (Å²) in [5, 5.41) is 7.45. The zero-order valence-corrected chi connectivity index (χ0v) is 15.3. The molecule has 2 aromatic heterocycles. The molecular weight excluding hydrogens is 358 g/mol. The van der Waals surface area contributed by atoms with Crippen LogP contribution < -0.4 is 10.1 Å². The van der Waals surface area contributed by atoms with Crippen LogP contribution in [-0.2, 0) is 4.79 Å². The number of carbonyl (C=O) groups excluding carboxylic acids is 1. The van der Waals surface area contributed by atoms with Crippen LogP contribution in [0.3, 0.4) is 0 Å². The highest BCUT2D eigenvalue weighted by molar-refractivity contribution is 6.11. The molecule has 0 aliphatic carbocycles. The van der Waals surface area contributed by atoms with Crippen LogP contribution in [0.1, 0.15) is 11.5 Å². The Hall–Kier alpha value is -3.87. The van der Waals surface area contributed by atoms with Crippen LogP contribution in [-0.4, -0.2) is 23.2 Å². The molecule has 0 saturated carbocycles. The topological polar surface area (TPSA) is 90.4 Å². The van der Waals surface area contributed by atoms with Gasteiger partial charge in [-0.3, -0.25) is 4.79 Å². The Bertz CT molecular complexity index is 1160. The number of aromatic nitrogens is 2. The van der Waals surface area contributed by atoms with Crippen molar-refractivity contribution < 1.29 is 18.5 Å². The average molecular weight is 375 g/mol. The van der Waals surface area contributed by atoms with Crippen LogP contribution in [0.4, 0.5) is 5.69 Å². The van der Waals surface area contributed by atoms with Gasteiger partial charge < -0.3 is 19.0 Å². The number of rotatable bonds is 5. The van der Waals surface area contributed by atoms with E-state index in [0.717, 1.165) is 5.56 Å². The summed E-state index contributed by atoms with van der Waals surface area (Å²) in [6.45, 7) is 1.68. The van der Waals surface area contributed by atoms with Crippen molar-refractivity contribution in [3.05, 3.63) is 66.1 Å². The zero-order valence-electron chi connectivity index (χ0n) is 15.3. The van der Waals surface area contributed by atoms with Gasteiger partial charge in [0.2, 0.25) is 17.6 Å². The van der Waals surface area contributed by atoms with Crippen molar-refractivity contribution in [2.75, 3.05) is 12.4 Å². The van der Waals surface area contributed by atoms with Crippen LogP contribution in [0.15, 0.2) is 63.5 Å². The first kappa shape index (κ1) is 17.5. The van der Waals surface area contributed by atoms with Gasteiger partial charge in [-0.05, 0) is 23.8 Å². The van der Waals surface area contributed by atoms with E-state index in [4.69, 9.17) is 13.7 Å². The van der Waals surface area contributed by atoms with Crippen molar-refractivity contribution in [2.45, 2.75) is 6.92 Å². The van der Waals surface area contributed by atoms with Gasteiger partial charge in [-0.2, -0.15) is 4.98 Å². The summed E-state index contributed by atoms with van der Waals surface area (Å²) in [6.07, 6.45) is 3.19. The standard InChI is InChI=1S/C21H17N3O4/c1-13-22-21(24-28-13)20-18(15-9-6-10-16(26-2)19(15)27-20)23-17(25)12-11-14-7-4-3-5-8-14/h3-12H,1-2H3,(H,23,25)/b12-11+. The van der Waals surface area contributed by atoms with Crippen LogP contribution in [0, 0.1) is 6.92 Å². The van der Waals surface area contributed by atoms with Gasteiger partial charge in [0.15, 0.2) is 17.1 Å². The number of nitrogens with one attached hydrogen (secondary N) is 1. The first-order valence-corrected chi connectivity index (χ1v) is 8.60. The molecule has 2 heterocycles. The van der Waals surface area contributed by atoms with E-state index in [9.17, 15) is 4.79 Å². The summed E-state index contributed by atoms with van der Waals surface area (Å²) < 4.78 is 16.4. The van der Waals surface area contributed by atoms with Crippen molar-refractivity contribution in [3.63, 3.8) is 0 Å². The summed E-state index contributed by atoms with van der Waals surface area (Å²) in [6, 6.07) is 15.0. The summed E-state index contributed by atoms with van der Waals surface area (Å²) in [7, 11) is 1.55. The van der Waals surface area contributed by atoms with Crippen LogP contribution in [0.25, 0.3) is 28.6 Å². The molecule has 1 amide bonds. The van der Waals surface area contributed by atoms with E-state index in [1.807, 2.05) is 42.5 Å². The molecule has 4 rings (SSSR count). The molecule has 1 N–H and O–H groups in total. The first-order chi connectivity index (χ1) is 13.7. The maximum Gasteiger partial charge on any atom is 0.248 e. The number of aryl methyl sites for hydroxylation is 1. The minimum Gasteiger partial charge on any atom is -0.493 e. The summed E-state index contributed by atoms with van der Waals surface area (Å²) in [5.41, 5.74) is 1.87. The number of para-hydroxylation sites is 1. The van der Waals surface area contributed by atoms with Gasteiger partial charge >= 0.3 is 0 Å². The third-order valence-corrected chi connectivity index (χ3v) is 4.10. The maximum absolute atomic E-state index is 12.5. The lowest BCUT2D eigenvalue weighted by atomic mass is 10.2. The summed E-state index contributed by atoms with van der Waals surface area (Å²) in [5.74, 6) is 1.18. The maximum atomic E-state index is 12.5. The number of hydrogen-bond donors (Lipinski definition) is 1. The first-order valence-electron chi connectivity index (χ1n) is 8.60. The third kappa shape index (κ3) is 3.37. The molecule has 0 saturated heterocycles. The zero-order chi connectivity index (χ0) is 19.5. The molecule has 7 heteroatoms. The number of hydrogen-bond acceptors (Lipinski definition) is 6. The molecule has 0 unspecified atom stereocenters. The Balaban J connectivity index is 1.74. The second-order valence-electron chi connectivity index (χ2n) is 6.01. The van der Waals surface area contributed by atoms with Crippen molar-refractivity contribution >= 4 is 28.6 Å². The van der Waals surface area contributed by atoms with Crippen LogP contribution in [0.2, 0.25) is 0 Å². The highest BCUT2D eigenvalue weighted by Gasteiger charge is 2.23. The molecule has 28 heavy (non-hydrogen) atoms. The molecular formula is C21H17N3O4. The van der Waals surface area contributed by atoms with E-state index in [0.29, 0.717) is 34.1 Å². The van der Waals surface area contributed by atoms with Crippen molar-refractivity contribution in [1.82, 2.24) is 10.1 Å². The lowest BCUT2D eigenvalue weighted by molar-refractivity contribution is -0.111. The molecule has 0 radical (unpaired) electrons. The van der Waals surface area contributed by atoms with Gasteiger partial charge in [-0.1, -0.05) is 41.6 Å². The molecule has 0 fully saturated rings. The minimum absolute atomic E-state index is 0.248. The van der Waals surface area contributed by atoms with Crippen molar-refractivity contribution in [1.29, 1.82) is 0 Å². The number of ether oxygens (including phenoxy) is 1. The Morgan fingerprint density at radius 1 is 1.14 bits per heavy atom. The Morgan fingerprint density at radius 2 is 1.96 bits per heavy atom. The Labute approximate surface area is 160 Å². The molecule has 0 spiro atoms. The predicted molar refractivity (Wildman–Crippen MR) is 105 cm³/mol. The lowest BCUT2D eigenvalue weighted by Gasteiger charge is -2.02. The number of furan rings is 1. The quantitative estimate of drug-likeness (QED) is 0.518. The normalized spacial score (nSPS) is 11.2. The molecule has 4 aromatic rings. The number of anilines is 1. The van der Waals surface area contributed by atoms with Crippen LogP contribution in [0.5, 0.6) is 5.75 Å². The third-order valence-electron chi connectivity index (χ3n) is 4.10. The van der Waals surface area contributed by atoms with E-state index < -0.39 is 0 Å². The van der Waals surface area contributed by atoms with E-state index >= 15 is 0 Å². The van der Waals surface area contributed by atoms with Gasteiger partial charge in [0.25, 0.3) is 0 Å². The fourth-order valence-electron chi connectivity index (χ4n) is 2.83. The summed E-state index contributed by atoms with van der Waals surface area (Å²) >= 11 is 0. The van der Waals surface area contributed by atoms with Crippen LogP contribution >= 0.6 is 0 Å². The molecule has 2 aromatic carbocycles. The fraction of sp³-hybridized carbons (Fsp3) is 0.0952. The van der Waals surface area contributed by atoms with E-state index in [1.165, 1.54) is 6.08 Å². The lowest BCUT2D eigenvalue weighted by Crippen LogP contribution is -2.08. The van der Waals surface area contributed by atoms with Gasteiger partial charge in [-0.15, -0.1) is 0 Å². The fourth-order valence-corrected chi connectivity index (χ4v) is 2.83. The number of amides is 1. The predicted octanol–water partition coefficient (Wildman–Crippen LogP) is 4.45. The molecule has 0 bridgehead atoms. The second kappa shape index (κ2) is 7.40. The van der Waals surface area contributed by atoms with Gasteiger partial charge in [0.1, 0.15) is 0 Å². The molecule has 140 valence electrons. The Kier molecular flexibility index (Phi) is 4.63. The molecule has 0 atom stereocenters. The van der Waals surface area contributed by atoms with E-state index in [2.05, 4.69) is 15.5 Å². The molecule has 7 nitrogen and oxygen atoms in total. The second-order valence-corrected chi connectivity index (χ2v) is 6.01. The number of fused-ring (bicyclic) bond motifs is 1. The highest BCUT2D eigenvalue weighted by atomic mass is 16.5. The molecule has 0 aliphatic rings. The monoisotopic (exact) mass is 375 g/mol. The summed E-state index contributed by atoms with van der Waals surface area (Å²) in [4.78, 5) is 16.7. The minimum atomic E-state index is -0.309. The number of benzene rings is 2. The Morgan fingerprint density at radius 3 is 2.68 bits per heavy atom. The molecule has 0 aliphatic heterocycles. The largest absolute Gasteiger partial charge is 0.493 e. The number of nitrogens with zero attached hydrogens (tertiary/aromatic N) is 2. The van der Waals surface area contributed by atoms with Crippen molar-refractivity contribution in [3.8, 4) is 17.3 Å². The van der Waals surface area contributed by atoms with Crippen molar-refractivity contribution in [2.24, 2.45) is 0 Å².